The molecule has 0 unspecified atom stereocenters. The van der Waals surface area contributed by atoms with E-state index in [1.54, 1.807) is 25.1 Å². The summed E-state index contributed by atoms with van der Waals surface area (Å²) in [6, 6.07) is 4.98. The predicted octanol–water partition coefficient (Wildman–Crippen LogP) is 2.03. The van der Waals surface area contributed by atoms with Crippen LogP contribution in [-0.2, 0) is 14.8 Å². The number of hydrogen-bond donors (Lipinski definition) is 1. The topological polar surface area (TPSA) is 75.7 Å². The zero-order valence-electron chi connectivity index (χ0n) is 12.9. The van der Waals surface area contributed by atoms with Crippen LogP contribution in [0.2, 0.25) is 5.02 Å². The third kappa shape index (κ3) is 5.47. The maximum Gasteiger partial charge on any atom is 0.223 e. The summed E-state index contributed by atoms with van der Waals surface area (Å²) in [5, 5.41) is 0.387. The molecule has 124 valence electrons. The van der Waals surface area contributed by atoms with Gasteiger partial charge < -0.3 is 9.64 Å². The Hall–Kier alpha value is -1.31. The number of carbonyl (C=O) groups excluding carboxylic acids is 1. The quantitative estimate of drug-likeness (QED) is 0.780. The normalized spacial score (nSPS) is 11.3. The first kappa shape index (κ1) is 18.7. The summed E-state index contributed by atoms with van der Waals surface area (Å²) >= 11 is 6.05. The molecule has 0 aromatic heterocycles. The highest BCUT2D eigenvalue weighted by atomic mass is 35.5. The van der Waals surface area contributed by atoms with E-state index >= 15 is 0 Å². The van der Waals surface area contributed by atoms with Gasteiger partial charge in [0.1, 0.15) is 5.75 Å². The number of nitrogens with one attached hydrogen (secondary N) is 1. The van der Waals surface area contributed by atoms with E-state index in [2.05, 4.69) is 4.72 Å². The van der Waals surface area contributed by atoms with Crippen molar-refractivity contribution in [3.05, 3.63) is 23.2 Å². The van der Waals surface area contributed by atoms with Crippen LogP contribution < -0.4 is 14.4 Å². The molecule has 8 heteroatoms. The van der Waals surface area contributed by atoms with Gasteiger partial charge in [0.25, 0.3) is 0 Å². The van der Waals surface area contributed by atoms with Crippen molar-refractivity contribution in [2.45, 2.75) is 20.3 Å². The first-order valence-electron chi connectivity index (χ1n) is 6.89. The first-order valence-corrected chi connectivity index (χ1v) is 8.92. The van der Waals surface area contributed by atoms with Gasteiger partial charge in [-0.2, -0.15) is 0 Å². The number of amides is 1. The standard InChI is InChI=1S/C14H21ClN2O4S/c1-4-9-22(19,20)16-7-8-17(11(2)18)12-5-6-14(21-3)13(15)10-12/h5-6,10,16H,4,7-9H2,1-3H3. The van der Waals surface area contributed by atoms with Crippen molar-refractivity contribution < 1.29 is 17.9 Å². The molecule has 0 atom stereocenters. The van der Waals surface area contributed by atoms with Crippen LogP contribution in [-0.4, -0.2) is 40.3 Å². The molecule has 1 rings (SSSR count). The minimum absolute atomic E-state index is 0.0709. The summed E-state index contributed by atoms with van der Waals surface area (Å²) in [5.74, 6) is 0.384. The molecule has 0 aliphatic rings. The number of benzene rings is 1. The van der Waals surface area contributed by atoms with Gasteiger partial charge >= 0.3 is 0 Å². The van der Waals surface area contributed by atoms with Gasteiger partial charge in [0.15, 0.2) is 0 Å². The average Bonchev–Trinajstić information content (AvgIpc) is 2.43. The van der Waals surface area contributed by atoms with E-state index in [0.717, 1.165) is 0 Å². The van der Waals surface area contributed by atoms with Crippen LogP contribution in [0.1, 0.15) is 20.3 Å². The Kier molecular flexibility index (Phi) is 7.12. The fourth-order valence-electron chi connectivity index (χ4n) is 1.95. The molecule has 1 aromatic carbocycles. The molecule has 0 radical (unpaired) electrons. The highest BCUT2D eigenvalue weighted by molar-refractivity contribution is 7.89. The smallest absolute Gasteiger partial charge is 0.223 e. The number of hydrogen-bond acceptors (Lipinski definition) is 4. The fourth-order valence-corrected chi connectivity index (χ4v) is 3.28. The van der Waals surface area contributed by atoms with Crippen LogP contribution >= 0.6 is 11.6 Å². The van der Waals surface area contributed by atoms with Gasteiger partial charge in [-0.1, -0.05) is 18.5 Å². The largest absolute Gasteiger partial charge is 0.495 e. The van der Waals surface area contributed by atoms with Crippen molar-refractivity contribution >= 4 is 33.2 Å². The monoisotopic (exact) mass is 348 g/mol. The molecule has 0 aliphatic heterocycles. The van der Waals surface area contributed by atoms with Crippen molar-refractivity contribution in [2.24, 2.45) is 0 Å². The molecule has 0 heterocycles. The highest BCUT2D eigenvalue weighted by Crippen LogP contribution is 2.29. The minimum Gasteiger partial charge on any atom is -0.495 e. The molecular weight excluding hydrogens is 328 g/mol. The van der Waals surface area contributed by atoms with E-state index < -0.39 is 10.0 Å². The van der Waals surface area contributed by atoms with E-state index in [-0.39, 0.29) is 24.7 Å². The molecule has 0 saturated heterocycles. The SMILES string of the molecule is CCCS(=O)(=O)NCCN(C(C)=O)c1ccc(OC)c(Cl)c1. The molecule has 0 saturated carbocycles. The third-order valence-electron chi connectivity index (χ3n) is 2.96. The highest BCUT2D eigenvalue weighted by Gasteiger charge is 2.15. The maximum atomic E-state index is 11.8. The number of sulfonamides is 1. The zero-order chi connectivity index (χ0) is 16.8. The van der Waals surface area contributed by atoms with Crippen molar-refractivity contribution in [3.63, 3.8) is 0 Å². The summed E-state index contributed by atoms with van der Waals surface area (Å²) < 4.78 is 30.7. The van der Waals surface area contributed by atoms with Crippen molar-refractivity contribution in [3.8, 4) is 5.75 Å². The number of halogens is 1. The Morgan fingerprint density at radius 3 is 2.59 bits per heavy atom. The first-order chi connectivity index (χ1) is 10.3. The van der Waals surface area contributed by atoms with Crippen LogP contribution in [0.15, 0.2) is 18.2 Å². The van der Waals surface area contributed by atoms with Crippen LogP contribution in [0, 0.1) is 0 Å². The molecular formula is C14H21ClN2O4S. The minimum atomic E-state index is -3.29. The van der Waals surface area contributed by atoms with Gasteiger partial charge in [-0.25, -0.2) is 13.1 Å². The number of anilines is 1. The Balaban J connectivity index is 2.79. The number of nitrogens with zero attached hydrogens (tertiary/aromatic N) is 1. The lowest BCUT2D eigenvalue weighted by Crippen LogP contribution is -2.38. The van der Waals surface area contributed by atoms with E-state index in [9.17, 15) is 13.2 Å². The van der Waals surface area contributed by atoms with Gasteiger partial charge in [-0.15, -0.1) is 0 Å². The number of rotatable bonds is 8. The summed E-state index contributed by atoms with van der Waals surface area (Å²) in [7, 11) is -1.78. The van der Waals surface area contributed by atoms with Crippen molar-refractivity contribution in [1.82, 2.24) is 4.72 Å². The summed E-state index contributed by atoms with van der Waals surface area (Å²) in [6.45, 7) is 3.58. The second-order valence-corrected chi connectivity index (χ2v) is 7.04. The molecule has 22 heavy (non-hydrogen) atoms. The lowest BCUT2D eigenvalue weighted by Gasteiger charge is -2.22. The van der Waals surface area contributed by atoms with Crippen molar-refractivity contribution in [2.75, 3.05) is 30.9 Å². The van der Waals surface area contributed by atoms with Crippen molar-refractivity contribution in [1.29, 1.82) is 0 Å². The Labute approximate surface area is 136 Å². The van der Waals surface area contributed by atoms with E-state index in [4.69, 9.17) is 16.3 Å². The zero-order valence-corrected chi connectivity index (χ0v) is 14.5. The number of ether oxygens (including phenoxy) is 1. The second kappa shape index (κ2) is 8.36. The summed E-state index contributed by atoms with van der Waals surface area (Å²) in [6.07, 6.45) is 0.542. The lowest BCUT2D eigenvalue weighted by atomic mass is 10.2. The van der Waals surface area contributed by atoms with Gasteiger partial charge in [-0.3, -0.25) is 4.79 Å². The van der Waals surface area contributed by atoms with Crippen LogP contribution in [0.5, 0.6) is 5.75 Å². The maximum absolute atomic E-state index is 11.8. The van der Waals surface area contributed by atoms with Gasteiger partial charge in [0.2, 0.25) is 15.9 Å². The summed E-state index contributed by atoms with van der Waals surface area (Å²) in [5.41, 5.74) is 0.591. The molecule has 6 nitrogen and oxygen atoms in total. The molecule has 1 N–H and O–H groups in total. The molecule has 1 aromatic rings. The Morgan fingerprint density at radius 2 is 2.09 bits per heavy atom. The van der Waals surface area contributed by atoms with Gasteiger partial charge in [-0.05, 0) is 24.6 Å². The lowest BCUT2D eigenvalue weighted by molar-refractivity contribution is -0.116. The molecule has 0 spiro atoms. The van der Waals surface area contributed by atoms with E-state index in [1.165, 1.54) is 18.9 Å². The molecule has 0 bridgehead atoms. The number of carbonyl (C=O) groups is 1. The van der Waals surface area contributed by atoms with Crippen LogP contribution in [0.25, 0.3) is 0 Å². The van der Waals surface area contributed by atoms with E-state index in [0.29, 0.717) is 22.9 Å². The fraction of sp³-hybridized carbons (Fsp3) is 0.500. The third-order valence-corrected chi connectivity index (χ3v) is 4.84. The Morgan fingerprint density at radius 1 is 1.41 bits per heavy atom. The van der Waals surface area contributed by atoms with Crippen LogP contribution in [0.3, 0.4) is 0 Å². The second-order valence-electron chi connectivity index (χ2n) is 4.70. The Bertz CT molecular complexity index is 619. The van der Waals surface area contributed by atoms with E-state index in [1.807, 2.05) is 0 Å². The van der Waals surface area contributed by atoms with Crippen LogP contribution in [0.4, 0.5) is 5.69 Å². The van der Waals surface area contributed by atoms with Gasteiger partial charge in [0.05, 0.1) is 17.9 Å². The number of methoxy groups -OCH3 is 1. The molecule has 1 amide bonds. The summed E-state index contributed by atoms with van der Waals surface area (Å²) in [4.78, 5) is 13.2. The average molecular weight is 349 g/mol. The molecule has 0 fully saturated rings. The molecule has 0 aliphatic carbocycles. The van der Waals surface area contributed by atoms with Gasteiger partial charge in [0, 0.05) is 25.7 Å². The predicted molar refractivity (Wildman–Crippen MR) is 88.1 cm³/mol.